The van der Waals surface area contributed by atoms with Crippen LogP contribution in [0, 0.1) is 5.82 Å². The number of benzene rings is 2. The van der Waals surface area contributed by atoms with Gasteiger partial charge in [-0.15, -0.1) is 0 Å². The molecule has 18 heavy (non-hydrogen) atoms. The van der Waals surface area contributed by atoms with Crippen LogP contribution in [0.25, 0.3) is 0 Å². The molecule has 0 radical (unpaired) electrons. The van der Waals surface area contributed by atoms with Crippen molar-refractivity contribution >= 4 is 17.3 Å². The van der Waals surface area contributed by atoms with Gasteiger partial charge in [0.25, 0.3) is 0 Å². The molecule has 1 nitrogen and oxygen atoms in total. The Kier molecular flexibility index (Phi) is 2.96. The Balaban J connectivity index is 1.76. The molecule has 0 aliphatic heterocycles. The van der Waals surface area contributed by atoms with Crippen LogP contribution in [0.5, 0.6) is 0 Å². The van der Waals surface area contributed by atoms with E-state index in [-0.39, 0.29) is 5.82 Å². The monoisotopic (exact) mass is 261 g/mol. The topological polar surface area (TPSA) is 12.0 Å². The second-order valence-corrected chi connectivity index (χ2v) is 5.05. The van der Waals surface area contributed by atoms with Gasteiger partial charge in [0.05, 0.1) is 10.7 Å². The summed E-state index contributed by atoms with van der Waals surface area (Å²) < 4.78 is 13.0. The summed E-state index contributed by atoms with van der Waals surface area (Å²) in [6.45, 7) is 0. The molecule has 1 aliphatic rings. The van der Waals surface area contributed by atoms with Gasteiger partial charge in [0, 0.05) is 6.04 Å². The van der Waals surface area contributed by atoms with E-state index in [2.05, 4.69) is 29.6 Å². The van der Waals surface area contributed by atoms with Crippen molar-refractivity contribution in [2.75, 3.05) is 5.32 Å². The molecule has 2 aromatic carbocycles. The molecular weight excluding hydrogens is 249 g/mol. The van der Waals surface area contributed by atoms with Crippen LogP contribution in [0.1, 0.15) is 11.1 Å². The highest BCUT2D eigenvalue weighted by atomic mass is 35.5. The maximum atomic E-state index is 13.0. The van der Waals surface area contributed by atoms with Crippen molar-refractivity contribution in [1.29, 1.82) is 0 Å². The number of hydrogen-bond donors (Lipinski definition) is 1. The molecule has 0 fully saturated rings. The maximum Gasteiger partial charge on any atom is 0.124 e. The molecule has 0 atom stereocenters. The minimum Gasteiger partial charge on any atom is -0.380 e. The summed E-state index contributed by atoms with van der Waals surface area (Å²) in [7, 11) is 0. The third-order valence-electron chi connectivity index (χ3n) is 3.34. The van der Waals surface area contributed by atoms with Crippen LogP contribution in [-0.4, -0.2) is 6.04 Å². The van der Waals surface area contributed by atoms with E-state index in [1.54, 1.807) is 6.07 Å². The first-order valence-electron chi connectivity index (χ1n) is 6.01. The molecule has 1 N–H and O–H groups in total. The van der Waals surface area contributed by atoms with Crippen LogP contribution in [0.15, 0.2) is 42.5 Å². The Hall–Kier alpha value is -1.54. The van der Waals surface area contributed by atoms with Crippen LogP contribution in [0.3, 0.4) is 0 Å². The summed E-state index contributed by atoms with van der Waals surface area (Å²) in [6.07, 6.45) is 1.98. The van der Waals surface area contributed by atoms with Gasteiger partial charge >= 0.3 is 0 Å². The van der Waals surface area contributed by atoms with Crippen LogP contribution >= 0.6 is 11.6 Å². The first-order valence-corrected chi connectivity index (χ1v) is 6.38. The average Bonchev–Trinajstić information content (AvgIpc) is 2.75. The quantitative estimate of drug-likeness (QED) is 0.860. The third-order valence-corrected chi connectivity index (χ3v) is 3.65. The fourth-order valence-corrected chi connectivity index (χ4v) is 2.71. The summed E-state index contributed by atoms with van der Waals surface area (Å²) in [5.41, 5.74) is 3.57. The lowest BCUT2D eigenvalue weighted by Crippen LogP contribution is -2.19. The normalized spacial score (nSPS) is 14.6. The van der Waals surface area contributed by atoms with E-state index < -0.39 is 0 Å². The van der Waals surface area contributed by atoms with Crippen molar-refractivity contribution < 1.29 is 4.39 Å². The van der Waals surface area contributed by atoms with Gasteiger partial charge in [0.1, 0.15) is 5.82 Å². The number of rotatable bonds is 2. The van der Waals surface area contributed by atoms with Gasteiger partial charge in [-0.25, -0.2) is 4.39 Å². The Morgan fingerprint density at radius 3 is 2.33 bits per heavy atom. The molecule has 3 rings (SSSR count). The zero-order valence-corrected chi connectivity index (χ0v) is 10.5. The molecule has 2 aromatic rings. The predicted molar refractivity (Wildman–Crippen MR) is 72.7 cm³/mol. The second-order valence-electron chi connectivity index (χ2n) is 4.64. The van der Waals surface area contributed by atoms with E-state index in [4.69, 9.17) is 11.6 Å². The van der Waals surface area contributed by atoms with E-state index in [1.807, 2.05) is 0 Å². The standard InChI is InChI=1S/C15H13ClFN/c16-14-9-12(17)5-6-15(14)18-13-7-10-3-1-2-4-11(10)8-13/h1-6,9,13,18H,7-8H2. The van der Waals surface area contributed by atoms with Crippen molar-refractivity contribution in [3.05, 3.63) is 64.4 Å². The summed E-state index contributed by atoms with van der Waals surface area (Å²) >= 11 is 6.02. The SMILES string of the molecule is Fc1ccc(NC2Cc3ccccc3C2)c(Cl)c1. The van der Waals surface area contributed by atoms with Crippen molar-refractivity contribution in [3.8, 4) is 0 Å². The summed E-state index contributed by atoms with van der Waals surface area (Å²) in [5, 5.41) is 3.82. The Morgan fingerprint density at radius 2 is 1.72 bits per heavy atom. The summed E-state index contributed by atoms with van der Waals surface area (Å²) in [4.78, 5) is 0. The molecule has 92 valence electrons. The van der Waals surface area contributed by atoms with E-state index in [0.29, 0.717) is 11.1 Å². The third kappa shape index (κ3) is 2.21. The van der Waals surface area contributed by atoms with E-state index in [9.17, 15) is 4.39 Å². The highest BCUT2D eigenvalue weighted by Gasteiger charge is 2.21. The molecule has 0 saturated heterocycles. The summed E-state index contributed by atoms with van der Waals surface area (Å²) in [5.74, 6) is -0.305. The number of fused-ring (bicyclic) bond motifs is 1. The number of nitrogens with one attached hydrogen (secondary N) is 1. The smallest absolute Gasteiger partial charge is 0.124 e. The van der Waals surface area contributed by atoms with Gasteiger partial charge in [-0.2, -0.15) is 0 Å². The minimum absolute atomic E-state index is 0.305. The highest BCUT2D eigenvalue weighted by molar-refractivity contribution is 6.33. The van der Waals surface area contributed by atoms with Gasteiger partial charge < -0.3 is 5.32 Å². The van der Waals surface area contributed by atoms with Crippen LogP contribution in [0.2, 0.25) is 5.02 Å². The molecule has 0 spiro atoms. The maximum absolute atomic E-state index is 13.0. The van der Waals surface area contributed by atoms with Crippen molar-refractivity contribution in [3.63, 3.8) is 0 Å². The second kappa shape index (κ2) is 4.62. The number of hydrogen-bond acceptors (Lipinski definition) is 1. The van der Waals surface area contributed by atoms with Gasteiger partial charge in [-0.1, -0.05) is 35.9 Å². The molecule has 0 saturated carbocycles. The number of anilines is 1. The van der Waals surface area contributed by atoms with Crippen LogP contribution < -0.4 is 5.32 Å². The average molecular weight is 262 g/mol. The molecule has 0 heterocycles. The van der Waals surface area contributed by atoms with Crippen molar-refractivity contribution in [1.82, 2.24) is 0 Å². The van der Waals surface area contributed by atoms with Gasteiger partial charge in [0.2, 0.25) is 0 Å². The largest absolute Gasteiger partial charge is 0.380 e. The van der Waals surface area contributed by atoms with E-state index in [1.165, 1.54) is 23.3 Å². The Labute approximate surface area is 111 Å². The Bertz CT molecular complexity index is 557. The van der Waals surface area contributed by atoms with Gasteiger partial charge in [-0.05, 0) is 42.2 Å². The molecule has 0 unspecified atom stereocenters. The first-order chi connectivity index (χ1) is 8.72. The van der Waals surface area contributed by atoms with Crippen molar-refractivity contribution in [2.45, 2.75) is 18.9 Å². The van der Waals surface area contributed by atoms with Crippen LogP contribution in [-0.2, 0) is 12.8 Å². The molecule has 1 aliphatic carbocycles. The zero-order chi connectivity index (χ0) is 12.5. The van der Waals surface area contributed by atoms with E-state index >= 15 is 0 Å². The molecule has 3 heteroatoms. The molecule has 0 bridgehead atoms. The first kappa shape index (κ1) is 11.5. The van der Waals surface area contributed by atoms with Gasteiger partial charge in [-0.3, -0.25) is 0 Å². The predicted octanol–water partition coefficient (Wildman–Crippen LogP) is 4.06. The highest BCUT2D eigenvalue weighted by Crippen LogP contribution is 2.28. The molecule has 0 amide bonds. The lowest BCUT2D eigenvalue weighted by atomic mass is 10.1. The van der Waals surface area contributed by atoms with E-state index in [0.717, 1.165) is 18.5 Å². The van der Waals surface area contributed by atoms with Crippen LogP contribution in [0.4, 0.5) is 10.1 Å². The fraction of sp³-hybridized carbons (Fsp3) is 0.200. The lowest BCUT2D eigenvalue weighted by Gasteiger charge is -2.14. The summed E-state index contributed by atoms with van der Waals surface area (Å²) in [6, 6.07) is 13.2. The fourth-order valence-electron chi connectivity index (χ4n) is 2.49. The van der Waals surface area contributed by atoms with Gasteiger partial charge in [0.15, 0.2) is 0 Å². The zero-order valence-electron chi connectivity index (χ0n) is 9.79. The molecule has 0 aromatic heterocycles. The van der Waals surface area contributed by atoms with Crippen molar-refractivity contribution in [2.24, 2.45) is 0 Å². The minimum atomic E-state index is -0.305. The molecular formula is C15H13ClFN. The lowest BCUT2D eigenvalue weighted by molar-refractivity contribution is 0.628. The Morgan fingerprint density at radius 1 is 1.06 bits per heavy atom. The number of halogens is 2.